The first-order valence-electron chi connectivity index (χ1n) is 6.56. The number of nitrogens with one attached hydrogen (secondary N) is 1. The summed E-state index contributed by atoms with van der Waals surface area (Å²) in [6.45, 7) is 2.81. The minimum absolute atomic E-state index is 0.723. The fraction of sp³-hybridized carbons (Fsp3) is 0.118. The Kier molecular flexibility index (Phi) is 3.70. The normalized spacial score (nSPS) is 10.7. The second-order valence-corrected chi connectivity index (χ2v) is 5.78. The number of halogens is 1. The van der Waals surface area contributed by atoms with Gasteiger partial charge in [-0.3, -0.25) is 4.98 Å². The van der Waals surface area contributed by atoms with Crippen molar-refractivity contribution in [2.75, 3.05) is 5.32 Å². The molecule has 0 aliphatic carbocycles. The lowest BCUT2D eigenvalue weighted by molar-refractivity contribution is 1.07. The Bertz CT molecular complexity index is 733. The van der Waals surface area contributed by atoms with E-state index in [9.17, 15) is 0 Å². The molecule has 1 N–H and O–H groups in total. The molecule has 3 aromatic rings. The van der Waals surface area contributed by atoms with Crippen LogP contribution in [0.4, 0.5) is 5.69 Å². The van der Waals surface area contributed by atoms with Gasteiger partial charge in [-0.05, 0) is 42.8 Å². The summed E-state index contributed by atoms with van der Waals surface area (Å²) in [5.74, 6) is 0. The van der Waals surface area contributed by atoms with E-state index in [0.29, 0.717) is 0 Å². The molecule has 0 fully saturated rings. The number of hydrogen-bond acceptors (Lipinski definition) is 2. The number of anilines is 1. The monoisotopic (exact) mass is 326 g/mol. The fourth-order valence-corrected chi connectivity index (χ4v) is 2.85. The molecule has 0 unspecified atom stereocenters. The van der Waals surface area contributed by atoms with Crippen LogP contribution in [0.5, 0.6) is 0 Å². The Morgan fingerprint density at radius 1 is 1.05 bits per heavy atom. The maximum Gasteiger partial charge on any atom is 0.0706 e. The molecule has 3 rings (SSSR count). The molecule has 2 aromatic carbocycles. The quantitative estimate of drug-likeness (QED) is 0.739. The maximum atomic E-state index is 4.66. The molecule has 1 heterocycles. The van der Waals surface area contributed by atoms with Gasteiger partial charge in [0.25, 0.3) is 0 Å². The van der Waals surface area contributed by atoms with Crippen LogP contribution in [0.25, 0.3) is 10.9 Å². The van der Waals surface area contributed by atoms with Crippen LogP contribution in [0.1, 0.15) is 11.3 Å². The molecular weight excluding hydrogens is 312 g/mol. The van der Waals surface area contributed by atoms with Crippen LogP contribution < -0.4 is 5.32 Å². The van der Waals surface area contributed by atoms with Gasteiger partial charge in [0.05, 0.1) is 17.8 Å². The number of pyridine rings is 1. The summed E-state index contributed by atoms with van der Waals surface area (Å²) in [5, 5.41) is 4.59. The number of nitrogens with zero attached hydrogens (tertiary/aromatic N) is 1. The standard InChI is InChI=1S/C17H15BrN2/c1-12-8-14(18)10-16(9-12)19-11-15-7-6-13-4-2-3-5-17(13)20-15/h2-10,19H,11H2,1H3. The van der Waals surface area contributed by atoms with Crippen LogP contribution in [0.3, 0.4) is 0 Å². The average Bonchev–Trinajstić information content (AvgIpc) is 2.44. The van der Waals surface area contributed by atoms with Crippen molar-refractivity contribution in [1.29, 1.82) is 0 Å². The first-order valence-corrected chi connectivity index (χ1v) is 7.36. The summed E-state index contributed by atoms with van der Waals surface area (Å²) in [7, 11) is 0. The minimum Gasteiger partial charge on any atom is -0.379 e. The van der Waals surface area contributed by atoms with Crippen LogP contribution >= 0.6 is 15.9 Å². The van der Waals surface area contributed by atoms with Crippen molar-refractivity contribution in [3.8, 4) is 0 Å². The second kappa shape index (κ2) is 5.63. The summed E-state index contributed by atoms with van der Waals surface area (Å²) in [4.78, 5) is 4.66. The minimum atomic E-state index is 0.723. The van der Waals surface area contributed by atoms with E-state index in [2.05, 4.69) is 69.6 Å². The highest BCUT2D eigenvalue weighted by molar-refractivity contribution is 9.10. The third kappa shape index (κ3) is 2.99. The molecule has 0 spiro atoms. The van der Waals surface area contributed by atoms with E-state index in [1.807, 2.05) is 18.2 Å². The summed E-state index contributed by atoms with van der Waals surface area (Å²) < 4.78 is 1.09. The summed E-state index contributed by atoms with van der Waals surface area (Å²) >= 11 is 3.52. The predicted octanol–water partition coefficient (Wildman–Crippen LogP) is 4.92. The van der Waals surface area contributed by atoms with Gasteiger partial charge in [-0.2, -0.15) is 0 Å². The highest BCUT2D eigenvalue weighted by Crippen LogP contribution is 2.20. The van der Waals surface area contributed by atoms with Crippen molar-refractivity contribution in [2.24, 2.45) is 0 Å². The first kappa shape index (κ1) is 13.1. The zero-order chi connectivity index (χ0) is 13.9. The fourth-order valence-electron chi connectivity index (χ4n) is 2.24. The van der Waals surface area contributed by atoms with Crippen LogP contribution in [-0.4, -0.2) is 4.98 Å². The van der Waals surface area contributed by atoms with Gasteiger partial charge in [-0.25, -0.2) is 0 Å². The molecule has 0 saturated carbocycles. The highest BCUT2D eigenvalue weighted by Gasteiger charge is 2.00. The third-order valence-corrected chi connectivity index (χ3v) is 3.63. The van der Waals surface area contributed by atoms with Crippen molar-refractivity contribution in [2.45, 2.75) is 13.5 Å². The summed E-state index contributed by atoms with van der Waals surface area (Å²) in [6.07, 6.45) is 0. The molecule has 2 nitrogen and oxygen atoms in total. The molecule has 0 aliphatic rings. The molecule has 100 valence electrons. The van der Waals surface area contributed by atoms with E-state index in [0.717, 1.165) is 27.9 Å². The number of benzene rings is 2. The largest absolute Gasteiger partial charge is 0.379 e. The zero-order valence-corrected chi connectivity index (χ0v) is 12.8. The number of aryl methyl sites for hydroxylation is 1. The van der Waals surface area contributed by atoms with Crippen LogP contribution in [0.2, 0.25) is 0 Å². The zero-order valence-electron chi connectivity index (χ0n) is 11.2. The average molecular weight is 327 g/mol. The molecule has 0 atom stereocenters. The lowest BCUT2D eigenvalue weighted by Crippen LogP contribution is -2.01. The summed E-state index contributed by atoms with van der Waals surface area (Å²) in [5.41, 5.74) is 4.42. The summed E-state index contributed by atoms with van der Waals surface area (Å²) in [6, 6.07) is 18.7. The molecule has 0 aliphatic heterocycles. The van der Waals surface area contributed by atoms with Gasteiger partial charge in [-0.1, -0.05) is 40.2 Å². The Balaban J connectivity index is 1.79. The number of hydrogen-bond donors (Lipinski definition) is 1. The maximum absolute atomic E-state index is 4.66. The van der Waals surface area contributed by atoms with E-state index in [1.54, 1.807) is 0 Å². The van der Waals surface area contributed by atoms with Gasteiger partial charge >= 0.3 is 0 Å². The molecule has 3 heteroatoms. The molecule has 20 heavy (non-hydrogen) atoms. The molecule has 0 saturated heterocycles. The lowest BCUT2D eigenvalue weighted by atomic mass is 10.2. The molecular formula is C17H15BrN2. The van der Waals surface area contributed by atoms with Crippen LogP contribution in [-0.2, 0) is 6.54 Å². The smallest absolute Gasteiger partial charge is 0.0706 e. The Hall–Kier alpha value is -1.87. The topological polar surface area (TPSA) is 24.9 Å². The number of rotatable bonds is 3. The van der Waals surface area contributed by atoms with Gasteiger partial charge < -0.3 is 5.32 Å². The van der Waals surface area contributed by atoms with Gasteiger partial charge in [0.1, 0.15) is 0 Å². The Labute approximate surface area is 127 Å². The van der Waals surface area contributed by atoms with E-state index in [1.165, 1.54) is 10.9 Å². The highest BCUT2D eigenvalue weighted by atomic mass is 79.9. The first-order chi connectivity index (χ1) is 9.70. The van der Waals surface area contributed by atoms with Gasteiger partial charge in [0.15, 0.2) is 0 Å². The van der Waals surface area contributed by atoms with E-state index < -0.39 is 0 Å². The van der Waals surface area contributed by atoms with E-state index >= 15 is 0 Å². The Morgan fingerprint density at radius 3 is 2.75 bits per heavy atom. The van der Waals surface area contributed by atoms with Gasteiger partial charge in [0.2, 0.25) is 0 Å². The van der Waals surface area contributed by atoms with Gasteiger partial charge in [-0.15, -0.1) is 0 Å². The van der Waals surface area contributed by atoms with Crippen LogP contribution in [0, 0.1) is 6.92 Å². The van der Waals surface area contributed by atoms with Crippen molar-refractivity contribution < 1.29 is 0 Å². The Morgan fingerprint density at radius 2 is 1.90 bits per heavy atom. The molecule has 0 radical (unpaired) electrons. The second-order valence-electron chi connectivity index (χ2n) is 4.87. The third-order valence-electron chi connectivity index (χ3n) is 3.17. The predicted molar refractivity (Wildman–Crippen MR) is 87.9 cm³/mol. The SMILES string of the molecule is Cc1cc(Br)cc(NCc2ccc3ccccc3n2)c1. The van der Waals surface area contributed by atoms with Crippen molar-refractivity contribution in [3.63, 3.8) is 0 Å². The lowest BCUT2D eigenvalue weighted by Gasteiger charge is -2.08. The molecule has 0 bridgehead atoms. The number of para-hydroxylation sites is 1. The van der Waals surface area contributed by atoms with Crippen LogP contribution in [0.15, 0.2) is 59.1 Å². The van der Waals surface area contributed by atoms with Gasteiger partial charge in [0, 0.05) is 15.5 Å². The number of aromatic nitrogens is 1. The van der Waals surface area contributed by atoms with Crippen molar-refractivity contribution >= 4 is 32.5 Å². The van der Waals surface area contributed by atoms with Crippen molar-refractivity contribution in [3.05, 3.63) is 70.3 Å². The van der Waals surface area contributed by atoms with E-state index in [4.69, 9.17) is 0 Å². The van der Waals surface area contributed by atoms with Crippen molar-refractivity contribution in [1.82, 2.24) is 4.98 Å². The van der Waals surface area contributed by atoms with E-state index in [-0.39, 0.29) is 0 Å². The number of fused-ring (bicyclic) bond motifs is 1. The molecule has 0 amide bonds. The molecule has 1 aromatic heterocycles.